The zero-order chi connectivity index (χ0) is 10.4. The molecule has 0 bridgehead atoms. The third kappa shape index (κ3) is 1.16. The van der Waals surface area contributed by atoms with Crippen molar-refractivity contribution in [3.8, 4) is 5.75 Å². The van der Waals surface area contributed by atoms with Gasteiger partial charge in [0.15, 0.2) is 0 Å². The van der Waals surface area contributed by atoms with E-state index in [0.29, 0.717) is 24.4 Å². The number of nitrogens with zero attached hydrogens (tertiary/aromatic N) is 1. The molecule has 3 rings (SSSR count). The van der Waals surface area contributed by atoms with Crippen molar-refractivity contribution in [3.63, 3.8) is 0 Å². The Kier molecular flexibility index (Phi) is 1.89. The molecular weight excluding hydrogens is 188 g/mol. The van der Waals surface area contributed by atoms with Crippen molar-refractivity contribution in [2.75, 3.05) is 11.4 Å². The molecule has 2 heterocycles. The summed E-state index contributed by atoms with van der Waals surface area (Å²) >= 11 is 0. The Bertz CT molecular complexity index is 391. The van der Waals surface area contributed by atoms with Gasteiger partial charge in [0.05, 0.1) is 0 Å². The van der Waals surface area contributed by atoms with Crippen LogP contribution in [-0.4, -0.2) is 23.7 Å². The fourth-order valence-corrected chi connectivity index (χ4v) is 3.04. The second-order valence-corrected chi connectivity index (χ2v) is 4.51. The molecule has 0 saturated carbocycles. The first kappa shape index (κ1) is 9.04. The van der Waals surface area contributed by atoms with E-state index < -0.39 is 0 Å². The summed E-state index contributed by atoms with van der Waals surface area (Å²) in [4.78, 5) is 2.41. The van der Waals surface area contributed by atoms with Crippen molar-refractivity contribution < 1.29 is 5.11 Å². The van der Waals surface area contributed by atoms with E-state index in [1.54, 1.807) is 6.07 Å². The van der Waals surface area contributed by atoms with Crippen molar-refractivity contribution in [2.24, 2.45) is 5.73 Å². The van der Waals surface area contributed by atoms with Crippen molar-refractivity contribution in [1.82, 2.24) is 0 Å². The van der Waals surface area contributed by atoms with Crippen LogP contribution in [0.3, 0.4) is 0 Å². The van der Waals surface area contributed by atoms with Gasteiger partial charge in [0, 0.05) is 29.9 Å². The van der Waals surface area contributed by atoms with Gasteiger partial charge in [-0.1, -0.05) is 6.07 Å². The predicted octanol–water partition coefficient (Wildman–Crippen LogP) is 1.24. The molecule has 80 valence electrons. The van der Waals surface area contributed by atoms with Crippen LogP contribution in [0.4, 0.5) is 5.69 Å². The summed E-state index contributed by atoms with van der Waals surface area (Å²) in [6, 6.07) is 6.84. The number of phenolic OH excluding ortho intramolecular Hbond substituents is 1. The molecule has 2 atom stereocenters. The summed E-state index contributed by atoms with van der Waals surface area (Å²) in [5, 5.41) is 9.79. The first-order chi connectivity index (χ1) is 7.31. The zero-order valence-electron chi connectivity index (χ0n) is 8.69. The molecule has 2 aliphatic rings. The lowest BCUT2D eigenvalue weighted by molar-refractivity contribution is 0.468. The number of phenols is 1. The molecule has 1 aromatic rings. The monoisotopic (exact) mass is 204 g/mol. The SMILES string of the molecule is NCC1CCC2Cc3c(O)cccc3N12. The van der Waals surface area contributed by atoms with E-state index in [4.69, 9.17) is 5.73 Å². The number of hydrogen-bond donors (Lipinski definition) is 2. The highest BCUT2D eigenvalue weighted by atomic mass is 16.3. The number of aromatic hydroxyl groups is 1. The lowest BCUT2D eigenvalue weighted by Crippen LogP contribution is -2.37. The number of fused-ring (bicyclic) bond motifs is 3. The van der Waals surface area contributed by atoms with Crippen LogP contribution in [-0.2, 0) is 6.42 Å². The van der Waals surface area contributed by atoms with Gasteiger partial charge in [-0.25, -0.2) is 0 Å². The molecule has 0 radical (unpaired) electrons. The molecule has 0 spiro atoms. The number of anilines is 1. The standard InChI is InChI=1S/C12H16N2O/c13-7-9-5-4-8-6-10-11(14(8)9)2-1-3-12(10)15/h1-3,8-9,15H,4-7,13H2. The van der Waals surface area contributed by atoms with E-state index in [0.717, 1.165) is 12.0 Å². The van der Waals surface area contributed by atoms with Gasteiger partial charge in [-0.3, -0.25) is 0 Å². The Balaban J connectivity index is 2.05. The summed E-state index contributed by atoms with van der Waals surface area (Å²) in [7, 11) is 0. The van der Waals surface area contributed by atoms with Crippen LogP contribution in [0, 0.1) is 0 Å². The van der Waals surface area contributed by atoms with Crippen LogP contribution in [0.15, 0.2) is 18.2 Å². The van der Waals surface area contributed by atoms with Gasteiger partial charge in [-0.15, -0.1) is 0 Å². The lowest BCUT2D eigenvalue weighted by atomic mass is 10.1. The second-order valence-electron chi connectivity index (χ2n) is 4.51. The largest absolute Gasteiger partial charge is 0.508 e. The molecule has 3 N–H and O–H groups in total. The Hall–Kier alpha value is -1.22. The van der Waals surface area contributed by atoms with Crippen LogP contribution in [0.25, 0.3) is 0 Å². The second kappa shape index (κ2) is 3.14. The fourth-order valence-electron chi connectivity index (χ4n) is 3.04. The van der Waals surface area contributed by atoms with E-state index in [9.17, 15) is 5.11 Å². The number of benzene rings is 1. The topological polar surface area (TPSA) is 49.5 Å². The van der Waals surface area contributed by atoms with Gasteiger partial charge < -0.3 is 15.7 Å². The van der Waals surface area contributed by atoms with E-state index >= 15 is 0 Å². The van der Waals surface area contributed by atoms with Gasteiger partial charge in [0.2, 0.25) is 0 Å². The normalized spacial score (nSPS) is 27.9. The molecule has 0 amide bonds. The molecule has 2 unspecified atom stereocenters. The van der Waals surface area contributed by atoms with E-state index in [1.807, 2.05) is 6.07 Å². The Morgan fingerprint density at radius 3 is 3.07 bits per heavy atom. The molecule has 3 heteroatoms. The van der Waals surface area contributed by atoms with Crippen LogP contribution < -0.4 is 10.6 Å². The third-order valence-electron chi connectivity index (χ3n) is 3.74. The summed E-state index contributed by atoms with van der Waals surface area (Å²) in [5.41, 5.74) is 8.09. The lowest BCUT2D eigenvalue weighted by Gasteiger charge is -2.26. The molecule has 0 aromatic heterocycles. The molecule has 1 fully saturated rings. The summed E-state index contributed by atoms with van der Waals surface area (Å²) in [6.45, 7) is 0.714. The molecule has 3 nitrogen and oxygen atoms in total. The number of nitrogens with two attached hydrogens (primary N) is 1. The smallest absolute Gasteiger partial charge is 0.120 e. The Labute approximate surface area is 89.5 Å². The van der Waals surface area contributed by atoms with Crippen LogP contribution in [0.2, 0.25) is 0 Å². The molecule has 0 aliphatic carbocycles. The highest BCUT2D eigenvalue weighted by Crippen LogP contribution is 2.43. The maximum atomic E-state index is 9.79. The average molecular weight is 204 g/mol. The highest BCUT2D eigenvalue weighted by molar-refractivity contribution is 5.65. The summed E-state index contributed by atoms with van der Waals surface area (Å²) < 4.78 is 0. The predicted molar refractivity (Wildman–Crippen MR) is 60.2 cm³/mol. The summed E-state index contributed by atoms with van der Waals surface area (Å²) in [6.07, 6.45) is 3.38. The van der Waals surface area contributed by atoms with Crippen LogP contribution in [0.1, 0.15) is 18.4 Å². The van der Waals surface area contributed by atoms with Crippen molar-refractivity contribution in [2.45, 2.75) is 31.3 Å². The van der Waals surface area contributed by atoms with Crippen molar-refractivity contribution >= 4 is 5.69 Å². The van der Waals surface area contributed by atoms with Crippen molar-refractivity contribution in [3.05, 3.63) is 23.8 Å². The van der Waals surface area contributed by atoms with Gasteiger partial charge in [0.25, 0.3) is 0 Å². The fraction of sp³-hybridized carbons (Fsp3) is 0.500. The van der Waals surface area contributed by atoms with Gasteiger partial charge in [-0.05, 0) is 31.4 Å². The first-order valence-electron chi connectivity index (χ1n) is 5.60. The molecular formula is C12H16N2O. The third-order valence-corrected chi connectivity index (χ3v) is 3.74. The summed E-state index contributed by atoms with van der Waals surface area (Å²) in [5.74, 6) is 0.442. The molecule has 2 aliphatic heterocycles. The average Bonchev–Trinajstić information content (AvgIpc) is 2.77. The molecule has 15 heavy (non-hydrogen) atoms. The quantitative estimate of drug-likeness (QED) is 0.723. The van der Waals surface area contributed by atoms with E-state index in [1.165, 1.54) is 18.5 Å². The van der Waals surface area contributed by atoms with Gasteiger partial charge in [-0.2, -0.15) is 0 Å². The van der Waals surface area contributed by atoms with Crippen molar-refractivity contribution in [1.29, 1.82) is 0 Å². The minimum absolute atomic E-state index is 0.442. The Morgan fingerprint density at radius 2 is 2.27 bits per heavy atom. The first-order valence-corrected chi connectivity index (χ1v) is 5.60. The number of rotatable bonds is 1. The maximum absolute atomic E-state index is 9.79. The minimum atomic E-state index is 0.442. The van der Waals surface area contributed by atoms with Gasteiger partial charge in [0.1, 0.15) is 5.75 Å². The van der Waals surface area contributed by atoms with E-state index in [-0.39, 0.29) is 0 Å². The zero-order valence-corrected chi connectivity index (χ0v) is 8.69. The highest BCUT2D eigenvalue weighted by Gasteiger charge is 2.39. The Morgan fingerprint density at radius 1 is 1.40 bits per heavy atom. The van der Waals surface area contributed by atoms with Gasteiger partial charge >= 0.3 is 0 Å². The van der Waals surface area contributed by atoms with E-state index in [2.05, 4.69) is 11.0 Å². The minimum Gasteiger partial charge on any atom is -0.508 e. The molecule has 1 saturated heterocycles. The van der Waals surface area contributed by atoms with Crippen LogP contribution >= 0.6 is 0 Å². The number of hydrogen-bond acceptors (Lipinski definition) is 3. The maximum Gasteiger partial charge on any atom is 0.120 e. The van der Waals surface area contributed by atoms with Crippen LogP contribution in [0.5, 0.6) is 5.75 Å². The molecule has 1 aromatic carbocycles.